The fourth-order valence-corrected chi connectivity index (χ4v) is 2.04. The number of anilines is 1. The number of morpholine rings is 1. The van der Waals surface area contributed by atoms with Crippen molar-refractivity contribution in [3.8, 4) is 0 Å². The van der Waals surface area contributed by atoms with E-state index in [1.165, 1.54) is 0 Å². The third-order valence-corrected chi connectivity index (χ3v) is 3.00. The van der Waals surface area contributed by atoms with E-state index in [4.69, 9.17) is 9.84 Å². The topological polar surface area (TPSA) is 49.8 Å². The molecule has 92 valence electrons. The molecule has 0 radical (unpaired) electrons. The average Bonchev–Trinajstić information content (AvgIpc) is 2.39. The number of aliphatic hydroxyl groups is 1. The van der Waals surface area contributed by atoms with Crippen molar-refractivity contribution in [2.75, 3.05) is 24.7 Å². The molecule has 1 aromatic rings. The molecule has 1 unspecified atom stereocenters. The van der Waals surface area contributed by atoms with E-state index < -0.39 is 0 Å². The van der Waals surface area contributed by atoms with Gasteiger partial charge < -0.3 is 14.7 Å². The summed E-state index contributed by atoms with van der Waals surface area (Å²) in [7, 11) is 0. The van der Waals surface area contributed by atoms with Gasteiger partial charge in [-0.05, 0) is 18.1 Å². The van der Waals surface area contributed by atoms with Crippen molar-refractivity contribution < 1.29 is 14.6 Å². The van der Waals surface area contributed by atoms with Crippen LogP contribution in [0.15, 0.2) is 24.3 Å². The molecule has 0 aromatic heterocycles. The van der Waals surface area contributed by atoms with Crippen LogP contribution < -0.4 is 4.90 Å². The molecule has 1 fully saturated rings. The van der Waals surface area contributed by atoms with Crippen LogP contribution in [0.3, 0.4) is 0 Å². The van der Waals surface area contributed by atoms with Crippen molar-refractivity contribution in [3.63, 3.8) is 0 Å². The second-order valence-electron chi connectivity index (χ2n) is 4.10. The van der Waals surface area contributed by atoms with Gasteiger partial charge in [0.05, 0.1) is 19.3 Å². The summed E-state index contributed by atoms with van der Waals surface area (Å²) < 4.78 is 5.22. The lowest BCUT2D eigenvalue weighted by molar-refractivity contribution is -0.130. The molecule has 0 spiro atoms. The van der Waals surface area contributed by atoms with E-state index >= 15 is 0 Å². The molecule has 1 saturated heterocycles. The Kier molecular flexibility index (Phi) is 3.76. The van der Waals surface area contributed by atoms with Gasteiger partial charge in [-0.2, -0.15) is 0 Å². The standard InChI is InChI=1S/C13H17NO3/c1-2-10-5-3-4-6-12(10)14-7-11(8-15)17-9-13(14)16/h3-6,11,15H,2,7-9H2,1H3. The third-order valence-electron chi connectivity index (χ3n) is 3.00. The van der Waals surface area contributed by atoms with Crippen molar-refractivity contribution in [2.45, 2.75) is 19.4 Å². The van der Waals surface area contributed by atoms with Crippen molar-refractivity contribution in [3.05, 3.63) is 29.8 Å². The summed E-state index contributed by atoms with van der Waals surface area (Å²) in [6, 6.07) is 7.85. The minimum absolute atomic E-state index is 0.0449. The van der Waals surface area contributed by atoms with E-state index in [9.17, 15) is 4.79 Å². The Morgan fingerprint density at radius 1 is 1.47 bits per heavy atom. The Morgan fingerprint density at radius 2 is 2.24 bits per heavy atom. The predicted octanol–water partition coefficient (Wildman–Crippen LogP) is 0.973. The van der Waals surface area contributed by atoms with Crippen LogP contribution in [-0.4, -0.2) is 36.9 Å². The van der Waals surface area contributed by atoms with Crippen LogP contribution in [0, 0.1) is 0 Å². The molecule has 0 aliphatic carbocycles. The maximum atomic E-state index is 11.8. The first-order valence-electron chi connectivity index (χ1n) is 5.87. The quantitative estimate of drug-likeness (QED) is 0.849. The predicted molar refractivity (Wildman–Crippen MR) is 65.0 cm³/mol. The van der Waals surface area contributed by atoms with Crippen LogP contribution in [0.1, 0.15) is 12.5 Å². The van der Waals surface area contributed by atoms with Crippen LogP contribution in [0.2, 0.25) is 0 Å². The summed E-state index contributed by atoms with van der Waals surface area (Å²) in [6.07, 6.45) is 0.600. The largest absolute Gasteiger partial charge is 0.394 e. The molecule has 0 bridgehead atoms. The van der Waals surface area contributed by atoms with Gasteiger partial charge in [0, 0.05) is 5.69 Å². The smallest absolute Gasteiger partial charge is 0.253 e. The van der Waals surface area contributed by atoms with E-state index in [1.807, 2.05) is 24.3 Å². The molecule has 0 saturated carbocycles. The Balaban J connectivity index is 2.27. The Bertz CT molecular complexity index is 405. The number of rotatable bonds is 3. The maximum absolute atomic E-state index is 11.8. The van der Waals surface area contributed by atoms with Crippen molar-refractivity contribution >= 4 is 11.6 Å². The minimum atomic E-state index is -0.280. The van der Waals surface area contributed by atoms with Gasteiger partial charge in [-0.3, -0.25) is 4.79 Å². The first kappa shape index (κ1) is 12.1. The monoisotopic (exact) mass is 235 g/mol. The van der Waals surface area contributed by atoms with E-state index in [1.54, 1.807) is 4.90 Å². The summed E-state index contributed by atoms with van der Waals surface area (Å²) >= 11 is 0. The molecule has 4 heteroatoms. The number of aryl methyl sites for hydroxylation is 1. The first-order chi connectivity index (χ1) is 8.26. The van der Waals surface area contributed by atoms with Crippen LogP contribution in [-0.2, 0) is 16.0 Å². The van der Waals surface area contributed by atoms with E-state index in [0.29, 0.717) is 6.54 Å². The number of amides is 1. The number of para-hydroxylation sites is 1. The van der Waals surface area contributed by atoms with E-state index in [-0.39, 0.29) is 25.2 Å². The lowest BCUT2D eigenvalue weighted by Gasteiger charge is -2.33. The Morgan fingerprint density at radius 3 is 2.94 bits per heavy atom. The zero-order chi connectivity index (χ0) is 12.3. The Labute approximate surface area is 101 Å². The number of carbonyl (C=O) groups excluding carboxylic acids is 1. The number of hydrogen-bond acceptors (Lipinski definition) is 3. The zero-order valence-electron chi connectivity index (χ0n) is 9.93. The number of nitrogens with zero attached hydrogens (tertiary/aromatic N) is 1. The van der Waals surface area contributed by atoms with Crippen LogP contribution in [0.25, 0.3) is 0 Å². The van der Waals surface area contributed by atoms with Gasteiger partial charge in [0.15, 0.2) is 0 Å². The van der Waals surface area contributed by atoms with Crippen LogP contribution in [0.4, 0.5) is 5.69 Å². The van der Waals surface area contributed by atoms with Crippen molar-refractivity contribution in [1.82, 2.24) is 0 Å². The maximum Gasteiger partial charge on any atom is 0.253 e. The molecule has 4 nitrogen and oxygen atoms in total. The fourth-order valence-electron chi connectivity index (χ4n) is 2.04. The second kappa shape index (κ2) is 5.29. The number of benzene rings is 1. The minimum Gasteiger partial charge on any atom is -0.394 e. The normalized spacial score (nSPS) is 20.7. The number of carbonyl (C=O) groups is 1. The highest BCUT2D eigenvalue weighted by atomic mass is 16.5. The highest BCUT2D eigenvalue weighted by Gasteiger charge is 2.27. The summed E-state index contributed by atoms with van der Waals surface area (Å²) in [6.45, 7) is 2.47. The lowest BCUT2D eigenvalue weighted by atomic mass is 10.1. The Hall–Kier alpha value is -1.39. The lowest BCUT2D eigenvalue weighted by Crippen LogP contribution is -2.48. The van der Waals surface area contributed by atoms with Gasteiger partial charge in [-0.15, -0.1) is 0 Å². The summed E-state index contributed by atoms with van der Waals surface area (Å²) in [5.41, 5.74) is 2.07. The number of hydrogen-bond donors (Lipinski definition) is 1. The third kappa shape index (κ3) is 2.48. The first-order valence-corrected chi connectivity index (χ1v) is 5.87. The van der Waals surface area contributed by atoms with E-state index in [2.05, 4.69) is 6.92 Å². The fraction of sp³-hybridized carbons (Fsp3) is 0.462. The molecule has 1 amide bonds. The summed E-state index contributed by atoms with van der Waals surface area (Å²) in [5.74, 6) is -0.0457. The van der Waals surface area contributed by atoms with Gasteiger partial charge in [-0.25, -0.2) is 0 Å². The van der Waals surface area contributed by atoms with Gasteiger partial charge in [0.1, 0.15) is 6.61 Å². The molecule has 1 aliphatic heterocycles. The number of aliphatic hydroxyl groups excluding tert-OH is 1. The summed E-state index contributed by atoms with van der Waals surface area (Å²) in [4.78, 5) is 13.6. The molecule has 17 heavy (non-hydrogen) atoms. The number of ether oxygens (including phenoxy) is 1. The van der Waals surface area contributed by atoms with Gasteiger partial charge in [0.2, 0.25) is 0 Å². The van der Waals surface area contributed by atoms with Gasteiger partial charge in [-0.1, -0.05) is 25.1 Å². The van der Waals surface area contributed by atoms with Gasteiger partial charge >= 0.3 is 0 Å². The molecule has 1 aliphatic rings. The highest BCUT2D eigenvalue weighted by Crippen LogP contribution is 2.23. The SMILES string of the molecule is CCc1ccccc1N1CC(CO)OCC1=O. The average molecular weight is 235 g/mol. The van der Waals surface area contributed by atoms with Crippen LogP contribution in [0.5, 0.6) is 0 Å². The van der Waals surface area contributed by atoms with Crippen LogP contribution >= 0.6 is 0 Å². The molecule has 1 aromatic carbocycles. The molecule has 1 atom stereocenters. The summed E-state index contributed by atoms with van der Waals surface area (Å²) in [5, 5.41) is 9.11. The zero-order valence-corrected chi connectivity index (χ0v) is 9.93. The van der Waals surface area contributed by atoms with Crippen molar-refractivity contribution in [2.24, 2.45) is 0 Å². The molecular formula is C13H17NO3. The molecule has 1 heterocycles. The second-order valence-corrected chi connectivity index (χ2v) is 4.10. The molecule has 2 rings (SSSR count). The highest BCUT2D eigenvalue weighted by molar-refractivity contribution is 5.95. The molecule has 1 N–H and O–H groups in total. The van der Waals surface area contributed by atoms with Crippen molar-refractivity contribution in [1.29, 1.82) is 0 Å². The molecular weight excluding hydrogens is 218 g/mol. The van der Waals surface area contributed by atoms with Gasteiger partial charge in [0.25, 0.3) is 5.91 Å². The van der Waals surface area contributed by atoms with E-state index in [0.717, 1.165) is 17.7 Å².